The van der Waals surface area contributed by atoms with Crippen molar-refractivity contribution in [3.05, 3.63) is 103 Å². The molecule has 4 rings (SSSR count). The molecule has 2 unspecified atom stereocenters. The summed E-state index contributed by atoms with van der Waals surface area (Å²) in [5, 5.41) is 11.2. The van der Waals surface area contributed by atoms with Crippen molar-refractivity contribution in [1.82, 2.24) is 15.0 Å². The first-order valence-electron chi connectivity index (χ1n) is 12.4. The molecule has 0 aliphatic carbocycles. The fraction of sp³-hybridized carbons (Fsp3) is 0.156. The number of aliphatic imine (C=N–C) groups is 2. The van der Waals surface area contributed by atoms with Crippen molar-refractivity contribution in [3.63, 3.8) is 0 Å². The quantitative estimate of drug-likeness (QED) is 0.147. The number of fused-ring (bicyclic) bond motifs is 1. The second kappa shape index (κ2) is 12.0. The molecule has 190 valence electrons. The zero-order valence-corrected chi connectivity index (χ0v) is 21.9. The van der Waals surface area contributed by atoms with Gasteiger partial charge in [-0.25, -0.2) is 15.0 Å². The molecule has 2 atom stereocenters. The van der Waals surface area contributed by atoms with Gasteiger partial charge >= 0.3 is 0 Å². The molecule has 0 spiro atoms. The Balaban J connectivity index is 1.86. The number of benzene rings is 2. The molecule has 6 heteroatoms. The number of para-hydroxylation sites is 1. The molecule has 0 amide bonds. The molecule has 1 N–H and O–H groups in total. The maximum absolute atomic E-state index is 10.3. The van der Waals surface area contributed by atoms with E-state index >= 15 is 0 Å². The van der Waals surface area contributed by atoms with Crippen molar-refractivity contribution >= 4 is 29.9 Å². The standard InChI is InChI=1S/C32H31N5O/c1-6-10-26(22(3)34-5)29-20-28(36-32(37-29)21(2)11-9-18-33-4)25-14-7-13-24(19-25)27-17-16-23-12-8-15-30(38)31(23)35-27/h6-20,22,26,38H,4-5H2,1-3H3/b10-6-,18-9-,21-11+. The minimum absolute atomic E-state index is 0.0514. The van der Waals surface area contributed by atoms with Crippen LogP contribution in [0.25, 0.3) is 39.0 Å². The number of aromatic nitrogens is 3. The van der Waals surface area contributed by atoms with E-state index in [1.807, 2.05) is 87.5 Å². The zero-order chi connectivity index (χ0) is 27.1. The summed E-state index contributed by atoms with van der Waals surface area (Å²) in [5.74, 6) is 0.731. The van der Waals surface area contributed by atoms with Crippen molar-refractivity contribution in [3.8, 4) is 28.3 Å². The summed E-state index contributed by atoms with van der Waals surface area (Å²) in [6, 6.07) is 19.4. The predicted molar refractivity (Wildman–Crippen MR) is 159 cm³/mol. The summed E-state index contributed by atoms with van der Waals surface area (Å²) in [7, 11) is 0. The van der Waals surface area contributed by atoms with Crippen LogP contribution >= 0.6 is 0 Å². The highest BCUT2D eigenvalue weighted by atomic mass is 16.3. The van der Waals surface area contributed by atoms with E-state index in [9.17, 15) is 5.11 Å². The summed E-state index contributed by atoms with van der Waals surface area (Å²) in [5.41, 5.74) is 5.75. The lowest BCUT2D eigenvalue weighted by Crippen LogP contribution is -2.14. The highest BCUT2D eigenvalue weighted by Gasteiger charge is 2.20. The van der Waals surface area contributed by atoms with Crippen molar-refractivity contribution < 1.29 is 5.11 Å². The molecule has 2 aromatic carbocycles. The first-order valence-corrected chi connectivity index (χ1v) is 12.4. The minimum Gasteiger partial charge on any atom is -0.506 e. The molecular formula is C32H31N5O. The number of nitrogens with zero attached hydrogens (tertiary/aromatic N) is 5. The van der Waals surface area contributed by atoms with E-state index < -0.39 is 0 Å². The van der Waals surface area contributed by atoms with E-state index in [0.29, 0.717) is 11.3 Å². The number of phenolic OH excluding ortho intramolecular Hbond substituents is 1. The highest BCUT2D eigenvalue weighted by molar-refractivity contribution is 5.86. The molecule has 2 aromatic heterocycles. The van der Waals surface area contributed by atoms with Crippen LogP contribution in [0.15, 0.2) is 101 Å². The van der Waals surface area contributed by atoms with E-state index in [0.717, 1.165) is 39.2 Å². The predicted octanol–water partition coefficient (Wildman–Crippen LogP) is 7.43. The SMILES string of the molecule is C=N/C=C\C=C(/C)c1nc(-c2cccc(-c3ccc4cccc(O)c4n3)c2)cc(C(/C=C\C)C(C)N=C)n1. The van der Waals surface area contributed by atoms with Crippen LogP contribution in [-0.2, 0) is 0 Å². The fourth-order valence-electron chi connectivity index (χ4n) is 4.24. The molecule has 0 saturated heterocycles. The second-order valence-electron chi connectivity index (χ2n) is 8.98. The number of allylic oxidation sites excluding steroid dienone is 4. The summed E-state index contributed by atoms with van der Waals surface area (Å²) in [6.45, 7) is 13.2. The largest absolute Gasteiger partial charge is 0.506 e. The Morgan fingerprint density at radius 2 is 1.71 bits per heavy atom. The number of phenols is 1. The van der Waals surface area contributed by atoms with Gasteiger partial charge in [0.1, 0.15) is 11.3 Å². The van der Waals surface area contributed by atoms with Crippen molar-refractivity contribution in [2.45, 2.75) is 32.7 Å². The van der Waals surface area contributed by atoms with E-state index in [2.05, 4.69) is 35.6 Å². The maximum Gasteiger partial charge on any atom is 0.155 e. The third kappa shape index (κ3) is 5.81. The maximum atomic E-state index is 10.3. The molecule has 0 aliphatic heterocycles. The van der Waals surface area contributed by atoms with Gasteiger partial charge in [0.25, 0.3) is 0 Å². The van der Waals surface area contributed by atoms with E-state index in [1.165, 1.54) is 0 Å². The molecule has 0 radical (unpaired) electrons. The summed E-state index contributed by atoms with van der Waals surface area (Å²) in [4.78, 5) is 22.6. The van der Waals surface area contributed by atoms with Gasteiger partial charge in [0.05, 0.1) is 23.1 Å². The van der Waals surface area contributed by atoms with Gasteiger partial charge in [0.2, 0.25) is 0 Å². The van der Waals surface area contributed by atoms with Crippen LogP contribution in [0.4, 0.5) is 0 Å². The van der Waals surface area contributed by atoms with Gasteiger partial charge in [-0.2, -0.15) is 0 Å². The van der Waals surface area contributed by atoms with Crippen LogP contribution < -0.4 is 0 Å². The van der Waals surface area contributed by atoms with Gasteiger partial charge in [-0.05, 0) is 70.1 Å². The number of pyridine rings is 1. The topological polar surface area (TPSA) is 83.6 Å². The van der Waals surface area contributed by atoms with Crippen LogP contribution in [0.2, 0.25) is 0 Å². The molecule has 0 saturated carbocycles. The molecule has 0 aliphatic rings. The Kier molecular flexibility index (Phi) is 8.34. The van der Waals surface area contributed by atoms with Gasteiger partial charge in [0.15, 0.2) is 5.82 Å². The number of aromatic hydroxyl groups is 1. The Bertz CT molecular complexity index is 1570. The van der Waals surface area contributed by atoms with Crippen molar-refractivity contribution in [2.75, 3.05) is 0 Å². The number of hydrogen-bond acceptors (Lipinski definition) is 6. The summed E-state index contributed by atoms with van der Waals surface area (Å²) in [6.07, 6.45) is 9.46. The molecule has 2 heterocycles. The van der Waals surface area contributed by atoms with Crippen molar-refractivity contribution in [1.29, 1.82) is 0 Å². The van der Waals surface area contributed by atoms with Crippen LogP contribution in [0.3, 0.4) is 0 Å². The molecule has 0 fully saturated rings. The average molecular weight is 502 g/mol. The lowest BCUT2D eigenvalue weighted by atomic mass is 9.95. The van der Waals surface area contributed by atoms with Crippen LogP contribution in [0.1, 0.15) is 38.2 Å². The third-order valence-electron chi connectivity index (χ3n) is 6.34. The van der Waals surface area contributed by atoms with Crippen LogP contribution in [-0.4, -0.2) is 39.5 Å². The van der Waals surface area contributed by atoms with E-state index in [1.54, 1.807) is 12.3 Å². The highest BCUT2D eigenvalue weighted by Crippen LogP contribution is 2.31. The van der Waals surface area contributed by atoms with Crippen molar-refractivity contribution in [2.24, 2.45) is 9.98 Å². The average Bonchev–Trinajstić information content (AvgIpc) is 2.95. The molecular weight excluding hydrogens is 470 g/mol. The van der Waals surface area contributed by atoms with Gasteiger partial charge in [-0.1, -0.05) is 54.6 Å². The first kappa shape index (κ1) is 26.4. The van der Waals surface area contributed by atoms with Gasteiger partial charge in [-0.15, -0.1) is 0 Å². The van der Waals surface area contributed by atoms with Gasteiger partial charge in [0, 0.05) is 28.6 Å². The molecule has 6 nitrogen and oxygen atoms in total. The number of hydrogen-bond donors (Lipinski definition) is 1. The summed E-state index contributed by atoms with van der Waals surface area (Å²) >= 11 is 0. The normalized spacial score (nSPS) is 13.7. The molecule has 0 bridgehead atoms. The van der Waals surface area contributed by atoms with Gasteiger partial charge < -0.3 is 5.11 Å². The Labute approximate surface area is 223 Å². The Morgan fingerprint density at radius 1 is 0.947 bits per heavy atom. The Morgan fingerprint density at radius 3 is 2.45 bits per heavy atom. The monoisotopic (exact) mass is 501 g/mol. The second-order valence-corrected chi connectivity index (χ2v) is 8.98. The molecule has 38 heavy (non-hydrogen) atoms. The lowest BCUT2D eigenvalue weighted by Gasteiger charge is -2.19. The molecule has 4 aromatic rings. The van der Waals surface area contributed by atoms with Gasteiger partial charge in [-0.3, -0.25) is 9.98 Å². The minimum atomic E-state index is -0.0586. The zero-order valence-electron chi connectivity index (χ0n) is 21.9. The smallest absolute Gasteiger partial charge is 0.155 e. The van der Waals surface area contributed by atoms with Crippen LogP contribution in [0.5, 0.6) is 5.75 Å². The lowest BCUT2D eigenvalue weighted by molar-refractivity contribution is 0.480. The fourth-order valence-corrected chi connectivity index (χ4v) is 4.24. The van der Waals surface area contributed by atoms with Crippen LogP contribution in [0, 0.1) is 0 Å². The Hall–Kier alpha value is -4.71. The van der Waals surface area contributed by atoms with E-state index in [-0.39, 0.29) is 17.7 Å². The first-order chi connectivity index (χ1) is 18.4. The third-order valence-corrected chi connectivity index (χ3v) is 6.34. The van der Waals surface area contributed by atoms with E-state index in [4.69, 9.17) is 15.0 Å². The summed E-state index contributed by atoms with van der Waals surface area (Å²) < 4.78 is 0. The number of rotatable bonds is 9.